The van der Waals surface area contributed by atoms with E-state index in [1.165, 1.54) is 4.90 Å². The van der Waals surface area contributed by atoms with E-state index in [1.807, 2.05) is 56.3 Å². The van der Waals surface area contributed by atoms with E-state index in [0.717, 1.165) is 11.1 Å². The SMILES string of the molecule is CC(C)C#Cc1ccc2c(c1)N(C)C(=O)C(NC(=O)c1n[nH]c(Cc3ccccc3)n1)CO2. The first-order valence-corrected chi connectivity index (χ1v) is 10.7. The first kappa shape index (κ1) is 22.1. The van der Waals surface area contributed by atoms with Gasteiger partial charge in [0.15, 0.2) is 0 Å². The Balaban J connectivity index is 1.45. The van der Waals surface area contributed by atoms with Crippen molar-refractivity contribution in [1.29, 1.82) is 0 Å². The van der Waals surface area contributed by atoms with Crippen LogP contribution in [0.15, 0.2) is 48.5 Å². The largest absolute Gasteiger partial charge is 0.489 e. The molecule has 3 aromatic rings. The number of rotatable bonds is 4. The lowest BCUT2D eigenvalue weighted by Crippen LogP contribution is -2.49. The van der Waals surface area contributed by atoms with E-state index in [9.17, 15) is 9.59 Å². The molecule has 0 saturated heterocycles. The highest BCUT2D eigenvalue weighted by Crippen LogP contribution is 2.31. The lowest BCUT2D eigenvalue weighted by molar-refractivity contribution is -0.120. The zero-order valence-corrected chi connectivity index (χ0v) is 18.8. The summed E-state index contributed by atoms with van der Waals surface area (Å²) in [4.78, 5) is 31.5. The van der Waals surface area contributed by atoms with E-state index in [2.05, 4.69) is 32.3 Å². The normalized spacial score (nSPS) is 15.2. The molecule has 168 valence electrons. The van der Waals surface area contributed by atoms with Crippen molar-refractivity contribution in [3.8, 4) is 17.6 Å². The molecular weight excluding hydrogens is 418 g/mol. The van der Waals surface area contributed by atoms with Gasteiger partial charge in [0, 0.05) is 24.9 Å². The van der Waals surface area contributed by atoms with E-state index in [1.54, 1.807) is 13.1 Å². The van der Waals surface area contributed by atoms with Gasteiger partial charge in [-0.05, 0) is 23.8 Å². The molecular formula is C25H25N5O3. The zero-order chi connectivity index (χ0) is 23.4. The summed E-state index contributed by atoms with van der Waals surface area (Å²) in [7, 11) is 1.65. The van der Waals surface area contributed by atoms with Crippen LogP contribution in [0, 0.1) is 17.8 Å². The number of fused-ring (bicyclic) bond motifs is 1. The summed E-state index contributed by atoms with van der Waals surface area (Å²) in [6.07, 6.45) is 0.521. The number of aromatic nitrogens is 3. The van der Waals surface area contributed by atoms with Gasteiger partial charge in [0.2, 0.25) is 5.82 Å². The molecule has 2 aromatic carbocycles. The number of anilines is 1. The summed E-state index contributed by atoms with van der Waals surface area (Å²) in [5.74, 6) is 6.71. The molecule has 1 aromatic heterocycles. The molecule has 0 aliphatic carbocycles. The molecule has 8 nitrogen and oxygen atoms in total. The van der Waals surface area contributed by atoms with Gasteiger partial charge in [0.25, 0.3) is 11.8 Å². The van der Waals surface area contributed by atoms with Crippen molar-refractivity contribution < 1.29 is 14.3 Å². The minimum absolute atomic E-state index is 0.000226. The minimum atomic E-state index is -0.879. The average molecular weight is 444 g/mol. The van der Waals surface area contributed by atoms with Crippen LogP contribution in [0.25, 0.3) is 0 Å². The maximum Gasteiger partial charge on any atom is 0.291 e. The Morgan fingerprint density at radius 2 is 2.06 bits per heavy atom. The van der Waals surface area contributed by atoms with E-state index in [0.29, 0.717) is 23.7 Å². The van der Waals surface area contributed by atoms with Crippen LogP contribution in [0.1, 0.15) is 41.4 Å². The second kappa shape index (κ2) is 9.57. The average Bonchev–Trinajstić information content (AvgIpc) is 3.24. The van der Waals surface area contributed by atoms with E-state index >= 15 is 0 Å². The molecule has 0 saturated carbocycles. The Labute approximate surface area is 192 Å². The molecule has 0 fully saturated rings. The Hall–Kier alpha value is -4.12. The van der Waals surface area contributed by atoms with Crippen LogP contribution in [0.5, 0.6) is 5.75 Å². The molecule has 8 heteroatoms. The fourth-order valence-electron chi connectivity index (χ4n) is 3.40. The summed E-state index contributed by atoms with van der Waals surface area (Å²) in [5.41, 5.74) is 2.44. The number of likely N-dealkylation sites (N-methyl/N-ethyl adjacent to an activating group) is 1. The van der Waals surface area contributed by atoms with Gasteiger partial charge < -0.3 is 15.0 Å². The highest BCUT2D eigenvalue weighted by Gasteiger charge is 2.31. The summed E-state index contributed by atoms with van der Waals surface area (Å²) >= 11 is 0. The van der Waals surface area contributed by atoms with Crippen LogP contribution in [0.2, 0.25) is 0 Å². The number of aromatic amines is 1. The third kappa shape index (κ3) is 5.21. The number of hydrogen-bond acceptors (Lipinski definition) is 5. The van der Waals surface area contributed by atoms with Crippen LogP contribution in [0.4, 0.5) is 5.69 Å². The summed E-state index contributed by atoms with van der Waals surface area (Å²) in [6.45, 7) is 4.03. The lowest BCUT2D eigenvalue weighted by Gasteiger charge is -2.20. The highest BCUT2D eigenvalue weighted by atomic mass is 16.5. The molecule has 0 bridgehead atoms. The van der Waals surface area contributed by atoms with Gasteiger partial charge in [-0.3, -0.25) is 14.7 Å². The monoisotopic (exact) mass is 443 g/mol. The van der Waals surface area contributed by atoms with Crippen LogP contribution < -0.4 is 15.0 Å². The third-order valence-corrected chi connectivity index (χ3v) is 5.11. The number of nitrogens with one attached hydrogen (secondary N) is 2. The van der Waals surface area contributed by atoms with Gasteiger partial charge in [-0.15, -0.1) is 5.10 Å². The second-order valence-corrected chi connectivity index (χ2v) is 8.11. The first-order chi connectivity index (χ1) is 15.9. The number of ether oxygens (including phenoxy) is 1. The van der Waals surface area contributed by atoms with Gasteiger partial charge in [-0.1, -0.05) is 56.0 Å². The maximum atomic E-state index is 13.0. The van der Waals surface area contributed by atoms with Crippen molar-refractivity contribution in [2.75, 3.05) is 18.6 Å². The molecule has 1 aliphatic rings. The fraction of sp³-hybridized carbons (Fsp3) is 0.280. The molecule has 33 heavy (non-hydrogen) atoms. The molecule has 1 atom stereocenters. The molecule has 1 aliphatic heterocycles. The molecule has 2 N–H and O–H groups in total. The van der Waals surface area contributed by atoms with Crippen molar-refractivity contribution in [3.63, 3.8) is 0 Å². The summed E-state index contributed by atoms with van der Waals surface area (Å²) in [5, 5.41) is 9.48. The second-order valence-electron chi connectivity index (χ2n) is 8.11. The Kier molecular flexibility index (Phi) is 6.41. The number of carbonyl (C=O) groups is 2. The number of nitrogens with zero attached hydrogens (tertiary/aromatic N) is 3. The quantitative estimate of drug-likeness (QED) is 0.604. The van der Waals surface area contributed by atoms with E-state index in [-0.39, 0.29) is 24.3 Å². The zero-order valence-electron chi connectivity index (χ0n) is 18.8. The Bertz CT molecular complexity index is 1220. The molecule has 1 unspecified atom stereocenters. The predicted molar refractivity (Wildman–Crippen MR) is 124 cm³/mol. The maximum absolute atomic E-state index is 13.0. The van der Waals surface area contributed by atoms with Crippen molar-refractivity contribution in [3.05, 3.63) is 71.3 Å². The number of benzene rings is 2. The van der Waals surface area contributed by atoms with Crippen LogP contribution in [0.3, 0.4) is 0 Å². The van der Waals surface area contributed by atoms with Gasteiger partial charge in [-0.25, -0.2) is 4.98 Å². The molecule has 4 rings (SSSR count). The van der Waals surface area contributed by atoms with Crippen molar-refractivity contribution in [1.82, 2.24) is 20.5 Å². The Morgan fingerprint density at radius 3 is 2.82 bits per heavy atom. The number of hydrogen-bond donors (Lipinski definition) is 2. The topological polar surface area (TPSA) is 100 Å². The number of H-pyrrole nitrogens is 1. The van der Waals surface area contributed by atoms with Gasteiger partial charge in [0.05, 0.1) is 5.69 Å². The van der Waals surface area contributed by atoms with Gasteiger partial charge in [-0.2, -0.15) is 0 Å². The highest BCUT2D eigenvalue weighted by molar-refractivity contribution is 6.02. The summed E-state index contributed by atoms with van der Waals surface area (Å²) < 4.78 is 5.83. The summed E-state index contributed by atoms with van der Waals surface area (Å²) in [6, 6.07) is 14.3. The molecule has 0 spiro atoms. The minimum Gasteiger partial charge on any atom is -0.489 e. The van der Waals surface area contributed by atoms with E-state index in [4.69, 9.17) is 4.74 Å². The first-order valence-electron chi connectivity index (χ1n) is 10.7. The van der Waals surface area contributed by atoms with Crippen molar-refractivity contribution in [2.24, 2.45) is 5.92 Å². The smallest absolute Gasteiger partial charge is 0.291 e. The van der Waals surface area contributed by atoms with Crippen molar-refractivity contribution in [2.45, 2.75) is 26.3 Å². The van der Waals surface area contributed by atoms with E-state index < -0.39 is 11.9 Å². The van der Waals surface area contributed by atoms with Crippen LogP contribution >= 0.6 is 0 Å². The van der Waals surface area contributed by atoms with Gasteiger partial charge >= 0.3 is 0 Å². The third-order valence-electron chi connectivity index (χ3n) is 5.11. The van der Waals surface area contributed by atoms with Crippen molar-refractivity contribution >= 4 is 17.5 Å². The standard InChI is InChI=1S/C25H25N5O3/c1-16(2)9-10-18-11-12-21-20(13-18)30(3)25(32)19(15-33-21)26-24(31)23-27-22(28-29-23)14-17-7-5-4-6-8-17/h4-8,11-13,16,19H,14-15H2,1-3H3,(H,26,31)(H,27,28,29). The molecule has 2 heterocycles. The Morgan fingerprint density at radius 1 is 1.27 bits per heavy atom. The number of carbonyl (C=O) groups excluding carboxylic acids is 2. The van der Waals surface area contributed by atoms with Crippen LogP contribution in [-0.4, -0.2) is 46.7 Å². The lowest BCUT2D eigenvalue weighted by atomic mass is 10.1. The predicted octanol–water partition coefficient (Wildman–Crippen LogP) is 2.56. The molecule has 0 radical (unpaired) electrons. The van der Waals surface area contributed by atoms with Gasteiger partial charge in [0.1, 0.15) is 24.2 Å². The number of amides is 2. The fourth-order valence-corrected chi connectivity index (χ4v) is 3.40. The van der Waals surface area contributed by atoms with Crippen LogP contribution in [-0.2, 0) is 11.2 Å². The molecule has 2 amide bonds.